The summed E-state index contributed by atoms with van der Waals surface area (Å²) in [6, 6.07) is 4.62. The van der Waals surface area contributed by atoms with Crippen LogP contribution in [-0.2, 0) is 9.59 Å². The van der Waals surface area contributed by atoms with Crippen LogP contribution in [0, 0.1) is 0 Å². The Morgan fingerprint density at radius 1 is 1.17 bits per heavy atom. The number of carbonyl (C=O) groups excluding carboxylic acids is 1. The fourth-order valence-electron chi connectivity index (χ4n) is 1.38. The molecule has 0 amide bonds. The molecule has 0 heterocycles. The number of carboxylic acid groups (broad SMARTS) is 1. The molecular formula is C12H16N2O4. The maximum atomic E-state index is 11.4. The number of anilines is 2. The van der Waals surface area contributed by atoms with E-state index in [0.29, 0.717) is 24.2 Å². The molecule has 0 saturated carbocycles. The van der Waals surface area contributed by atoms with Gasteiger partial charge in [-0.1, -0.05) is 0 Å². The second-order valence-electron chi connectivity index (χ2n) is 3.87. The van der Waals surface area contributed by atoms with Crippen LogP contribution < -0.4 is 16.2 Å². The molecule has 1 aromatic rings. The third kappa shape index (κ3) is 4.73. The molecule has 0 aromatic heterocycles. The lowest BCUT2D eigenvalue weighted by Crippen LogP contribution is -2.09. The van der Waals surface area contributed by atoms with E-state index < -0.39 is 11.9 Å². The van der Waals surface area contributed by atoms with Gasteiger partial charge in [0.05, 0.1) is 5.69 Å². The number of unbranched alkanes of at least 4 members (excludes halogenated alkanes) is 1. The van der Waals surface area contributed by atoms with Gasteiger partial charge in [0.2, 0.25) is 0 Å². The zero-order valence-corrected chi connectivity index (χ0v) is 9.89. The van der Waals surface area contributed by atoms with Crippen molar-refractivity contribution >= 4 is 23.3 Å². The van der Waals surface area contributed by atoms with Crippen LogP contribution in [0.15, 0.2) is 18.2 Å². The van der Waals surface area contributed by atoms with Gasteiger partial charge < -0.3 is 21.3 Å². The molecular weight excluding hydrogens is 236 g/mol. The second-order valence-corrected chi connectivity index (χ2v) is 3.87. The molecule has 18 heavy (non-hydrogen) atoms. The van der Waals surface area contributed by atoms with E-state index in [1.54, 1.807) is 6.07 Å². The van der Waals surface area contributed by atoms with Crippen molar-refractivity contribution in [2.45, 2.75) is 25.7 Å². The van der Waals surface area contributed by atoms with E-state index in [4.69, 9.17) is 21.3 Å². The number of ether oxygens (including phenoxy) is 1. The van der Waals surface area contributed by atoms with Gasteiger partial charge in [-0.05, 0) is 31.0 Å². The lowest BCUT2D eigenvalue weighted by molar-refractivity contribution is -0.138. The SMILES string of the molecule is Nc1ccc(OC(=O)CCCCC(=O)O)c(N)c1. The third-order valence-corrected chi connectivity index (χ3v) is 2.28. The third-order valence-electron chi connectivity index (χ3n) is 2.28. The molecule has 0 saturated heterocycles. The standard InChI is InChI=1S/C12H16N2O4/c13-8-5-6-10(9(14)7-8)18-12(17)4-2-1-3-11(15)16/h5-7H,1-4,13-14H2,(H,15,16). The van der Waals surface area contributed by atoms with Crippen molar-refractivity contribution in [1.82, 2.24) is 0 Å². The molecule has 0 aliphatic rings. The Balaban J connectivity index is 2.38. The molecule has 0 bridgehead atoms. The molecule has 1 rings (SSSR count). The Morgan fingerprint density at radius 2 is 1.83 bits per heavy atom. The Kier molecular flexibility index (Phi) is 4.98. The van der Waals surface area contributed by atoms with Crippen molar-refractivity contribution in [1.29, 1.82) is 0 Å². The summed E-state index contributed by atoms with van der Waals surface area (Å²) in [6.45, 7) is 0. The van der Waals surface area contributed by atoms with Crippen LogP contribution in [0.25, 0.3) is 0 Å². The van der Waals surface area contributed by atoms with Crippen molar-refractivity contribution in [3.63, 3.8) is 0 Å². The van der Waals surface area contributed by atoms with Gasteiger partial charge in [0.15, 0.2) is 5.75 Å². The van der Waals surface area contributed by atoms with E-state index in [2.05, 4.69) is 0 Å². The normalized spacial score (nSPS) is 10.0. The van der Waals surface area contributed by atoms with Crippen LogP contribution in [0.5, 0.6) is 5.75 Å². The summed E-state index contributed by atoms with van der Waals surface area (Å²) in [5.41, 5.74) is 11.9. The molecule has 0 aliphatic carbocycles. The van der Waals surface area contributed by atoms with Crippen LogP contribution in [0.1, 0.15) is 25.7 Å². The van der Waals surface area contributed by atoms with Gasteiger partial charge >= 0.3 is 11.9 Å². The van der Waals surface area contributed by atoms with Crippen LogP contribution >= 0.6 is 0 Å². The first kappa shape index (κ1) is 13.8. The monoisotopic (exact) mass is 252 g/mol. The van der Waals surface area contributed by atoms with Crippen molar-refractivity contribution < 1.29 is 19.4 Å². The molecule has 1 aromatic carbocycles. The quantitative estimate of drug-likeness (QED) is 0.305. The first-order valence-corrected chi connectivity index (χ1v) is 5.56. The van der Waals surface area contributed by atoms with E-state index in [-0.39, 0.29) is 18.6 Å². The molecule has 0 spiro atoms. The Labute approximate surface area is 105 Å². The number of carbonyl (C=O) groups is 2. The summed E-state index contributed by atoms with van der Waals surface area (Å²) in [4.78, 5) is 21.7. The number of nitrogens with two attached hydrogens (primary N) is 2. The predicted octanol–water partition coefficient (Wildman–Crippen LogP) is 1.40. The maximum Gasteiger partial charge on any atom is 0.311 e. The van der Waals surface area contributed by atoms with Crippen LogP contribution in [0.3, 0.4) is 0 Å². The van der Waals surface area contributed by atoms with Crippen molar-refractivity contribution in [3.8, 4) is 5.75 Å². The minimum atomic E-state index is -0.869. The Bertz CT molecular complexity index is 446. The highest BCUT2D eigenvalue weighted by Gasteiger charge is 2.08. The summed E-state index contributed by atoms with van der Waals surface area (Å²) in [5, 5.41) is 8.43. The highest BCUT2D eigenvalue weighted by molar-refractivity contribution is 5.75. The van der Waals surface area contributed by atoms with Crippen LogP contribution in [-0.4, -0.2) is 17.0 Å². The number of carboxylic acids is 1. The van der Waals surface area contributed by atoms with E-state index in [9.17, 15) is 9.59 Å². The van der Waals surface area contributed by atoms with Crippen LogP contribution in [0.2, 0.25) is 0 Å². The van der Waals surface area contributed by atoms with Gasteiger partial charge in [-0.2, -0.15) is 0 Å². The smallest absolute Gasteiger partial charge is 0.311 e. The van der Waals surface area contributed by atoms with Gasteiger partial charge in [0.1, 0.15) is 0 Å². The second kappa shape index (κ2) is 6.48. The number of rotatable bonds is 6. The average Bonchev–Trinajstić information content (AvgIpc) is 2.28. The maximum absolute atomic E-state index is 11.4. The summed E-state index contributed by atoms with van der Waals surface area (Å²) >= 11 is 0. The fourth-order valence-corrected chi connectivity index (χ4v) is 1.38. The number of benzene rings is 1. The van der Waals surface area contributed by atoms with E-state index in [0.717, 1.165) is 0 Å². The molecule has 0 radical (unpaired) electrons. The molecule has 0 atom stereocenters. The fraction of sp³-hybridized carbons (Fsp3) is 0.333. The summed E-state index contributed by atoms with van der Waals surface area (Å²) < 4.78 is 5.04. The first-order valence-electron chi connectivity index (χ1n) is 5.56. The van der Waals surface area contributed by atoms with E-state index >= 15 is 0 Å². The summed E-state index contributed by atoms with van der Waals surface area (Å²) in [5.74, 6) is -1.03. The molecule has 6 heteroatoms. The molecule has 5 N–H and O–H groups in total. The number of hydrogen-bond donors (Lipinski definition) is 3. The first-order chi connectivity index (χ1) is 8.49. The number of nitrogen functional groups attached to an aromatic ring is 2. The van der Waals surface area contributed by atoms with Gasteiger partial charge in [-0.3, -0.25) is 9.59 Å². The van der Waals surface area contributed by atoms with Crippen molar-refractivity contribution in [3.05, 3.63) is 18.2 Å². The van der Waals surface area contributed by atoms with Gasteiger partial charge in [-0.25, -0.2) is 0 Å². The summed E-state index contributed by atoms with van der Waals surface area (Å²) in [7, 11) is 0. The Morgan fingerprint density at radius 3 is 2.44 bits per heavy atom. The zero-order valence-electron chi connectivity index (χ0n) is 9.89. The lowest BCUT2D eigenvalue weighted by Gasteiger charge is -2.07. The highest BCUT2D eigenvalue weighted by atomic mass is 16.5. The molecule has 6 nitrogen and oxygen atoms in total. The topological polar surface area (TPSA) is 116 Å². The number of esters is 1. The minimum absolute atomic E-state index is 0.0529. The van der Waals surface area contributed by atoms with Crippen molar-refractivity contribution in [2.24, 2.45) is 0 Å². The van der Waals surface area contributed by atoms with Crippen LogP contribution in [0.4, 0.5) is 11.4 Å². The lowest BCUT2D eigenvalue weighted by atomic mass is 10.2. The van der Waals surface area contributed by atoms with Gasteiger partial charge in [0, 0.05) is 18.5 Å². The van der Waals surface area contributed by atoms with E-state index in [1.165, 1.54) is 12.1 Å². The van der Waals surface area contributed by atoms with Gasteiger partial charge in [0.25, 0.3) is 0 Å². The summed E-state index contributed by atoms with van der Waals surface area (Å²) in [6.07, 6.45) is 1.13. The molecule has 0 fully saturated rings. The van der Waals surface area contributed by atoms with Gasteiger partial charge in [-0.15, -0.1) is 0 Å². The number of hydrogen-bond acceptors (Lipinski definition) is 5. The van der Waals surface area contributed by atoms with E-state index in [1.807, 2.05) is 0 Å². The number of aliphatic carboxylic acids is 1. The largest absolute Gasteiger partial charge is 0.481 e. The predicted molar refractivity (Wildman–Crippen MR) is 67.0 cm³/mol. The van der Waals surface area contributed by atoms with Crippen molar-refractivity contribution in [2.75, 3.05) is 11.5 Å². The highest BCUT2D eigenvalue weighted by Crippen LogP contribution is 2.24. The zero-order chi connectivity index (χ0) is 13.5. The average molecular weight is 252 g/mol. The molecule has 0 unspecified atom stereocenters. The molecule has 98 valence electrons. The minimum Gasteiger partial charge on any atom is -0.481 e. The molecule has 0 aliphatic heterocycles. The Hall–Kier alpha value is -2.24.